The van der Waals surface area contributed by atoms with Crippen molar-refractivity contribution in [1.82, 2.24) is 9.80 Å². The third kappa shape index (κ3) is 2.84. The van der Waals surface area contributed by atoms with Crippen LogP contribution in [-0.4, -0.2) is 66.7 Å². The summed E-state index contributed by atoms with van der Waals surface area (Å²) in [5.74, 6) is -0.526. The molecule has 1 unspecified atom stereocenters. The van der Waals surface area contributed by atoms with Crippen molar-refractivity contribution in [3.8, 4) is 0 Å². The average Bonchev–Trinajstić information content (AvgIpc) is 2.63. The SMILES string of the molecule is CCN(CC)C(=O)N1CCC2(CC1)C(OC)C(=O)N2c1cccc(F)c1. The zero-order valence-electron chi connectivity index (χ0n) is 15.6. The normalized spacial score (nSPS) is 21.7. The van der Waals surface area contributed by atoms with Gasteiger partial charge in [-0.1, -0.05) is 6.07 Å². The quantitative estimate of drug-likeness (QED) is 0.773. The van der Waals surface area contributed by atoms with Gasteiger partial charge in [-0.05, 0) is 44.9 Å². The molecule has 142 valence electrons. The van der Waals surface area contributed by atoms with Gasteiger partial charge in [-0.3, -0.25) is 4.79 Å². The van der Waals surface area contributed by atoms with E-state index in [1.54, 1.807) is 21.9 Å². The fraction of sp³-hybridized carbons (Fsp3) is 0.579. The summed E-state index contributed by atoms with van der Waals surface area (Å²) in [5.41, 5.74) is 0.0338. The van der Waals surface area contributed by atoms with Gasteiger partial charge in [0.1, 0.15) is 5.82 Å². The Morgan fingerprint density at radius 2 is 1.96 bits per heavy atom. The molecule has 3 amide bonds. The van der Waals surface area contributed by atoms with Crippen LogP contribution < -0.4 is 4.90 Å². The van der Waals surface area contributed by atoms with E-state index in [2.05, 4.69) is 0 Å². The summed E-state index contributed by atoms with van der Waals surface area (Å²) in [6, 6.07) is 6.10. The Morgan fingerprint density at radius 3 is 2.50 bits per heavy atom. The number of β-lactam (4-membered cyclic amide) rings is 1. The minimum atomic E-state index is -0.545. The Bertz CT molecular complexity index is 684. The summed E-state index contributed by atoms with van der Waals surface area (Å²) in [7, 11) is 1.53. The van der Waals surface area contributed by atoms with Gasteiger partial charge in [-0.15, -0.1) is 0 Å². The van der Waals surface area contributed by atoms with Crippen molar-refractivity contribution in [2.45, 2.75) is 38.3 Å². The number of hydrogen-bond donors (Lipinski definition) is 0. The summed E-state index contributed by atoms with van der Waals surface area (Å²) >= 11 is 0. The zero-order chi connectivity index (χ0) is 18.9. The predicted molar refractivity (Wildman–Crippen MR) is 96.5 cm³/mol. The fourth-order valence-corrected chi connectivity index (χ4v) is 4.20. The summed E-state index contributed by atoms with van der Waals surface area (Å²) < 4.78 is 19.1. The second-order valence-electron chi connectivity index (χ2n) is 6.81. The second kappa shape index (κ2) is 7.23. The van der Waals surface area contributed by atoms with Gasteiger partial charge in [0.05, 0.1) is 5.54 Å². The largest absolute Gasteiger partial charge is 0.369 e. The molecule has 1 atom stereocenters. The summed E-state index contributed by atoms with van der Waals surface area (Å²) in [4.78, 5) is 30.4. The Hall–Kier alpha value is -2.15. The fourth-order valence-electron chi connectivity index (χ4n) is 4.20. The lowest BCUT2D eigenvalue weighted by atomic mass is 9.72. The van der Waals surface area contributed by atoms with Crippen LogP contribution in [0.2, 0.25) is 0 Å². The highest BCUT2D eigenvalue weighted by Gasteiger charge is 2.62. The molecule has 0 radical (unpaired) electrons. The molecule has 2 fully saturated rings. The van der Waals surface area contributed by atoms with Crippen LogP contribution in [0, 0.1) is 5.82 Å². The number of carbonyl (C=O) groups is 2. The molecule has 0 aliphatic carbocycles. The van der Waals surface area contributed by atoms with Crippen LogP contribution in [0.5, 0.6) is 0 Å². The number of methoxy groups -OCH3 is 1. The molecule has 6 nitrogen and oxygen atoms in total. The number of nitrogens with zero attached hydrogens (tertiary/aromatic N) is 3. The van der Waals surface area contributed by atoms with E-state index in [4.69, 9.17) is 4.74 Å². The molecule has 1 aromatic rings. The molecule has 0 saturated carbocycles. The van der Waals surface area contributed by atoms with Crippen molar-refractivity contribution in [2.75, 3.05) is 38.2 Å². The van der Waals surface area contributed by atoms with E-state index in [1.807, 2.05) is 18.7 Å². The van der Waals surface area contributed by atoms with Crippen molar-refractivity contribution in [3.63, 3.8) is 0 Å². The second-order valence-corrected chi connectivity index (χ2v) is 6.81. The number of hydrogen-bond acceptors (Lipinski definition) is 3. The summed E-state index contributed by atoms with van der Waals surface area (Å²) in [6.45, 7) is 6.37. The van der Waals surface area contributed by atoms with Crippen LogP contribution >= 0.6 is 0 Å². The Kier molecular flexibility index (Phi) is 5.18. The maximum Gasteiger partial charge on any atom is 0.319 e. The molecule has 3 rings (SSSR count). The van der Waals surface area contributed by atoms with Gasteiger partial charge in [-0.2, -0.15) is 0 Å². The van der Waals surface area contributed by atoms with Crippen molar-refractivity contribution < 1.29 is 18.7 Å². The van der Waals surface area contributed by atoms with Crippen molar-refractivity contribution >= 4 is 17.6 Å². The van der Waals surface area contributed by atoms with Crippen LogP contribution in [0.25, 0.3) is 0 Å². The van der Waals surface area contributed by atoms with Gasteiger partial charge in [0.25, 0.3) is 5.91 Å². The molecule has 26 heavy (non-hydrogen) atoms. The highest BCUT2D eigenvalue weighted by Crippen LogP contribution is 2.45. The number of urea groups is 1. The van der Waals surface area contributed by atoms with E-state index in [0.29, 0.717) is 44.7 Å². The van der Waals surface area contributed by atoms with E-state index >= 15 is 0 Å². The maximum absolute atomic E-state index is 13.7. The molecular formula is C19H26FN3O3. The van der Waals surface area contributed by atoms with Gasteiger partial charge in [0.15, 0.2) is 6.10 Å². The van der Waals surface area contributed by atoms with Crippen LogP contribution in [0.4, 0.5) is 14.9 Å². The monoisotopic (exact) mass is 363 g/mol. The summed E-state index contributed by atoms with van der Waals surface area (Å²) in [5, 5.41) is 0. The smallest absolute Gasteiger partial charge is 0.319 e. The number of anilines is 1. The van der Waals surface area contributed by atoms with Gasteiger partial charge in [0.2, 0.25) is 0 Å². The predicted octanol–water partition coefficient (Wildman–Crippen LogP) is 2.48. The van der Waals surface area contributed by atoms with Gasteiger partial charge >= 0.3 is 6.03 Å². The van der Waals surface area contributed by atoms with E-state index < -0.39 is 11.6 Å². The highest BCUT2D eigenvalue weighted by molar-refractivity contribution is 6.06. The average molecular weight is 363 g/mol. The molecule has 0 bridgehead atoms. The first-order chi connectivity index (χ1) is 12.5. The van der Waals surface area contributed by atoms with E-state index in [1.165, 1.54) is 19.2 Å². The van der Waals surface area contributed by atoms with Gasteiger partial charge in [-0.25, -0.2) is 9.18 Å². The third-order valence-electron chi connectivity index (χ3n) is 5.61. The third-order valence-corrected chi connectivity index (χ3v) is 5.61. The number of piperidine rings is 1. The van der Waals surface area contributed by atoms with Crippen LogP contribution in [0.3, 0.4) is 0 Å². The minimum absolute atomic E-state index is 0.0294. The Balaban J connectivity index is 1.80. The van der Waals surface area contributed by atoms with Crippen molar-refractivity contribution in [1.29, 1.82) is 0 Å². The first-order valence-corrected chi connectivity index (χ1v) is 9.14. The van der Waals surface area contributed by atoms with Crippen LogP contribution in [-0.2, 0) is 9.53 Å². The van der Waals surface area contributed by atoms with E-state index in [0.717, 1.165) is 0 Å². The molecule has 2 aliphatic rings. The van der Waals surface area contributed by atoms with E-state index in [-0.39, 0.29) is 17.8 Å². The number of halogens is 1. The molecule has 2 aliphatic heterocycles. The number of likely N-dealkylation sites (tertiary alicyclic amines) is 1. The zero-order valence-corrected chi connectivity index (χ0v) is 15.6. The first kappa shape index (κ1) is 18.6. The Morgan fingerprint density at radius 1 is 1.31 bits per heavy atom. The lowest BCUT2D eigenvalue weighted by Gasteiger charge is -2.59. The molecule has 1 aromatic carbocycles. The van der Waals surface area contributed by atoms with Crippen LogP contribution in [0.15, 0.2) is 24.3 Å². The number of ether oxygens (including phenoxy) is 1. The maximum atomic E-state index is 13.7. The molecular weight excluding hydrogens is 337 g/mol. The van der Waals surface area contributed by atoms with Crippen LogP contribution in [0.1, 0.15) is 26.7 Å². The van der Waals surface area contributed by atoms with E-state index in [9.17, 15) is 14.0 Å². The van der Waals surface area contributed by atoms with Gasteiger partial charge < -0.3 is 19.4 Å². The van der Waals surface area contributed by atoms with Crippen molar-refractivity contribution in [2.24, 2.45) is 0 Å². The number of benzene rings is 1. The molecule has 2 heterocycles. The Labute approximate surface area is 153 Å². The lowest BCUT2D eigenvalue weighted by Crippen LogP contribution is -2.78. The molecule has 0 N–H and O–H groups in total. The standard InChI is InChI=1S/C19H26FN3O3/c1-4-21(5-2)18(25)22-11-9-19(10-12-22)16(26-3)17(24)23(19)15-8-6-7-14(20)13-15/h6-8,13,16H,4-5,9-12H2,1-3H3. The minimum Gasteiger partial charge on any atom is -0.369 e. The highest BCUT2D eigenvalue weighted by atomic mass is 19.1. The first-order valence-electron chi connectivity index (χ1n) is 9.14. The molecule has 2 saturated heterocycles. The molecule has 7 heteroatoms. The van der Waals surface area contributed by atoms with Crippen molar-refractivity contribution in [3.05, 3.63) is 30.1 Å². The lowest BCUT2D eigenvalue weighted by molar-refractivity contribution is -0.150. The summed E-state index contributed by atoms with van der Waals surface area (Å²) in [6.07, 6.45) is 0.679. The van der Waals surface area contributed by atoms with Gasteiger partial charge in [0, 0.05) is 39.0 Å². The number of carbonyl (C=O) groups excluding carboxylic acids is 2. The molecule has 0 aromatic heterocycles. The topological polar surface area (TPSA) is 53.1 Å². The number of rotatable bonds is 4. The molecule has 1 spiro atoms. The number of amides is 3.